The fourth-order valence-electron chi connectivity index (χ4n) is 4.68. The number of aromatic nitrogens is 2. The topological polar surface area (TPSA) is 64.3 Å². The van der Waals surface area contributed by atoms with Crippen LogP contribution in [0.25, 0.3) is 10.9 Å². The molecule has 1 atom stereocenters. The number of hydrogen-bond acceptors (Lipinski definition) is 5. The molecule has 29 heavy (non-hydrogen) atoms. The van der Waals surface area contributed by atoms with Gasteiger partial charge in [-0.2, -0.15) is 0 Å². The van der Waals surface area contributed by atoms with E-state index in [-0.39, 0.29) is 6.04 Å². The molecule has 2 fully saturated rings. The van der Waals surface area contributed by atoms with Crippen LogP contribution in [0.15, 0.2) is 48.7 Å². The molecule has 1 saturated carbocycles. The zero-order valence-electron chi connectivity index (χ0n) is 16.6. The number of nitrogens with zero attached hydrogens (tertiary/aromatic N) is 3. The maximum absolute atomic E-state index is 12.0. The quantitative estimate of drug-likeness (QED) is 0.650. The Hall–Kier alpha value is -3.02. The normalized spacial score (nSPS) is 20.3. The molecule has 0 radical (unpaired) electrons. The largest absolute Gasteiger partial charge is 0.379 e. The van der Waals surface area contributed by atoms with Crippen LogP contribution in [-0.4, -0.2) is 48.0 Å². The van der Waals surface area contributed by atoms with Gasteiger partial charge in [-0.05, 0) is 37.1 Å². The van der Waals surface area contributed by atoms with E-state index in [4.69, 9.17) is 0 Å². The van der Waals surface area contributed by atoms with Gasteiger partial charge in [-0.1, -0.05) is 31.0 Å². The van der Waals surface area contributed by atoms with Gasteiger partial charge in [0.05, 0.1) is 5.69 Å². The SMILES string of the molecule is O=CC1CN(c2ncccc2NC2CCCC2)CCN1c1cc2ccccc2[nH]1. The summed E-state index contributed by atoms with van der Waals surface area (Å²) in [6, 6.07) is 14.8. The van der Waals surface area contributed by atoms with Crippen LogP contribution in [0.5, 0.6) is 0 Å². The van der Waals surface area contributed by atoms with Crippen molar-refractivity contribution in [2.45, 2.75) is 37.8 Å². The van der Waals surface area contributed by atoms with Gasteiger partial charge in [0, 0.05) is 42.8 Å². The first-order valence-electron chi connectivity index (χ1n) is 10.6. The Morgan fingerprint density at radius 3 is 2.79 bits per heavy atom. The molecular weight excluding hydrogens is 362 g/mol. The van der Waals surface area contributed by atoms with Gasteiger partial charge in [-0.15, -0.1) is 0 Å². The van der Waals surface area contributed by atoms with Crippen LogP contribution in [-0.2, 0) is 4.79 Å². The highest BCUT2D eigenvalue weighted by atomic mass is 16.1. The lowest BCUT2D eigenvalue weighted by atomic mass is 10.1. The molecule has 6 nitrogen and oxygen atoms in total. The summed E-state index contributed by atoms with van der Waals surface area (Å²) in [6.07, 6.45) is 7.94. The molecule has 1 unspecified atom stereocenters. The Bertz CT molecular complexity index is 961. The Kier molecular flexibility index (Phi) is 4.84. The Morgan fingerprint density at radius 1 is 1.10 bits per heavy atom. The van der Waals surface area contributed by atoms with Gasteiger partial charge < -0.3 is 24.9 Å². The number of rotatable bonds is 5. The minimum Gasteiger partial charge on any atom is -0.379 e. The first kappa shape index (κ1) is 18.0. The highest BCUT2D eigenvalue weighted by Crippen LogP contribution is 2.31. The van der Waals surface area contributed by atoms with Crippen molar-refractivity contribution in [3.8, 4) is 0 Å². The van der Waals surface area contributed by atoms with E-state index in [1.165, 1.54) is 31.1 Å². The van der Waals surface area contributed by atoms with Crippen LogP contribution < -0.4 is 15.1 Å². The van der Waals surface area contributed by atoms with Gasteiger partial charge in [0.1, 0.15) is 18.1 Å². The summed E-state index contributed by atoms with van der Waals surface area (Å²) in [5.74, 6) is 1.97. The fraction of sp³-hybridized carbons (Fsp3) is 0.391. The number of nitrogens with one attached hydrogen (secondary N) is 2. The molecule has 1 saturated heterocycles. The molecule has 2 aromatic heterocycles. The second-order valence-corrected chi connectivity index (χ2v) is 8.08. The van der Waals surface area contributed by atoms with Crippen molar-refractivity contribution >= 4 is 34.5 Å². The predicted molar refractivity (Wildman–Crippen MR) is 118 cm³/mol. The average Bonchev–Trinajstić information content (AvgIpc) is 3.43. The standard InChI is InChI=1S/C23H27N5O/c29-16-19-15-27(23-21(10-5-11-24-23)25-18-7-2-3-8-18)12-13-28(19)22-14-17-6-1-4-9-20(17)26-22/h1,4-6,9-11,14,16,18-19,25-26H,2-3,7-8,12-13,15H2. The summed E-state index contributed by atoms with van der Waals surface area (Å²) < 4.78 is 0. The van der Waals surface area contributed by atoms with Gasteiger partial charge in [0.15, 0.2) is 5.82 Å². The van der Waals surface area contributed by atoms with E-state index >= 15 is 0 Å². The van der Waals surface area contributed by atoms with Crippen molar-refractivity contribution in [2.75, 3.05) is 34.8 Å². The number of aromatic amines is 1. The van der Waals surface area contributed by atoms with E-state index in [9.17, 15) is 4.79 Å². The van der Waals surface area contributed by atoms with E-state index in [2.05, 4.69) is 49.4 Å². The molecule has 1 aliphatic carbocycles. The second kappa shape index (κ2) is 7.78. The molecule has 150 valence electrons. The summed E-state index contributed by atoms with van der Waals surface area (Å²) >= 11 is 0. The Labute approximate surface area is 170 Å². The summed E-state index contributed by atoms with van der Waals surface area (Å²) in [4.78, 5) is 24.5. The van der Waals surface area contributed by atoms with E-state index in [0.717, 1.165) is 42.2 Å². The summed E-state index contributed by atoms with van der Waals surface area (Å²) in [6.45, 7) is 2.24. The van der Waals surface area contributed by atoms with Crippen LogP contribution in [0.1, 0.15) is 25.7 Å². The molecule has 2 aliphatic rings. The third kappa shape index (κ3) is 3.55. The Balaban J connectivity index is 1.36. The smallest absolute Gasteiger partial charge is 0.152 e. The molecule has 1 aliphatic heterocycles. The zero-order chi connectivity index (χ0) is 19.6. The molecule has 0 bridgehead atoms. The molecular formula is C23H27N5O. The number of hydrogen-bond donors (Lipinski definition) is 2. The first-order chi connectivity index (χ1) is 14.3. The second-order valence-electron chi connectivity index (χ2n) is 8.08. The molecule has 3 aromatic rings. The highest BCUT2D eigenvalue weighted by Gasteiger charge is 2.30. The number of piperazine rings is 1. The summed E-state index contributed by atoms with van der Waals surface area (Å²) in [5, 5.41) is 4.86. The van der Waals surface area contributed by atoms with Crippen molar-refractivity contribution in [2.24, 2.45) is 0 Å². The summed E-state index contributed by atoms with van der Waals surface area (Å²) in [7, 11) is 0. The van der Waals surface area contributed by atoms with E-state index in [1.807, 2.05) is 24.4 Å². The molecule has 0 amide bonds. The van der Waals surface area contributed by atoms with Crippen molar-refractivity contribution in [3.63, 3.8) is 0 Å². The molecule has 0 spiro atoms. The van der Waals surface area contributed by atoms with Gasteiger partial charge in [-0.25, -0.2) is 4.98 Å². The number of para-hydroxylation sites is 1. The predicted octanol–water partition coefficient (Wildman–Crippen LogP) is 3.81. The first-order valence-corrected chi connectivity index (χ1v) is 10.6. The Morgan fingerprint density at radius 2 is 1.97 bits per heavy atom. The van der Waals surface area contributed by atoms with Crippen molar-refractivity contribution in [3.05, 3.63) is 48.7 Å². The van der Waals surface area contributed by atoms with Crippen LogP contribution in [0.4, 0.5) is 17.3 Å². The lowest BCUT2D eigenvalue weighted by molar-refractivity contribution is -0.109. The number of carbonyl (C=O) groups is 1. The van der Waals surface area contributed by atoms with Crippen molar-refractivity contribution in [1.29, 1.82) is 0 Å². The monoisotopic (exact) mass is 389 g/mol. The van der Waals surface area contributed by atoms with Gasteiger partial charge in [-0.3, -0.25) is 0 Å². The molecule has 5 rings (SSSR count). The number of carbonyl (C=O) groups excluding carboxylic acids is 1. The number of pyridine rings is 1. The van der Waals surface area contributed by atoms with Crippen LogP contribution in [0, 0.1) is 0 Å². The number of benzene rings is 1. The lowest BCUT2D eigenvalue weighted by Crippen LogP contribution is -2.54. The third-order valence-corrected chi connectivity index (χ3v) is 6.20. The zero-order valence-corrected chi connectivity index (χ0v) is 16.6. The molecule has 1 aromatic carbocycles. The number of fused-ring (bicyclic) bond motifs is 1. The minimum atomic E-state index is -0.210. The van der Waals surface area contributed by atoms with Crippen LogP contribution >= 0.6 is 0 Å². The molecule has 6 heteroatoms. The average molecular weight is 390 g/mol. The van der Waals surface area contributed by atoms with Gasteiger partial charge in [0.25, 0.3) is 0 Å². The van der Waals surface area contributed by atoms with Crippen molar-refractivity contribution in [1.82, 2.24) is 9.97 Å². The van der Waals surface area contributed by atoms with E-state index < -0.39 is 0 Å². The lowest BCUT2D eigenvalue weighted by Gasteiger charge is -2.40. The number of aldehydes is 1. The van der Waals surface area contributed by atoms with Crippen LogP contribution in [0.3, 0.4) is 0 Å². The van der Waals surface area contributed by atoms with E-state index in [0.29, 0.717) is 12.6 Å². The van der Waals surface area contributed by atoms with Crippen LogP contribution in [0.2, 0.25) is 0 Å². The molecule has 2 N–H and O–H groups in total. The number of H-pyrrole nitrogens is 1. The van der Waals surface area contributed by atoms with E-state index in [1.54, 1.807) is 0 Å². The number of anilines is 3. The van der Waals surface area contributed by atoms with Gasteiger partial charge in [0.2, 0.25) is 0 Å². The minimum absolute atomic E-state index is 0.210. The maximum Gasteiger partial charge on any atom is 0.152 e. The van der Waals surface area contributed by atoms with Gasteiger partial charge >= 0.3 is 0 Å². The van der Waals surface area contributed by atoms with Crippen molar-refractivity contribution < 1.29 is 4.79 Å². The summed E-state index contributed by atoms with van der Waals surface area (Å²) in [5.41, 5.74) is 2.19. The maximum atomic E-state index is 12.0. The highest BCUT2D eigenvalue weighted by molar-refractivity contribution is 5.85. The fourth-order valence-corrected chi connectivity index (χ4v) is 4.68. The molecule has 3 heterocycles. The third-order valence-electron chi connectivity index (χ3n) is 6.20.